The third-order valence-corrected chi connectivity index (χ3v) is 4.79. The van der Waals surface area contributed by atoms with Gasteiger partial charge in [0.2, 0.25) is 5.91 Å². The zero-order valence-electron chi connectivity index (χ0n) is 13.9. The van der Waals surface area contributed by atoms with Crippen LogP contribution in [0.1, 0.15) is 36.0 Å². The predicted molar refractivity (Wildman–Crippen MR) is 88.7 cm³/mol. The zero-order valence-corrected chi connectivity index (χ0v) is 13.9. The van der Waals surface area contributed by atoms with Gasteiger partial charge in [-0.1, -0.05) is 6.07 Å². The van der Waals surface area contributed by atoms with Gasteiger partial charge in [0.25, 0.3) is 5.91 Å². The third kappa shape index (κ3) is 3.27. The van der Waals surface area contributed by atoms with Gasteiger partial charge in [-0.25, -0.2) is 0 Å². The molecule has 24 heavy (non-hydrogen) atoms. The Morgan fingerprint density at radius 3 is 2.54 bits per heavy atom. The summed E-state index contributed by atoms with van der Waals surface area (Å²) in [7, 11) is 1.39. The molecule has 2 saturated heterocycles. The molecule has 6 nitrogen and oxygen atoms in total. The van der Waals surface area contributed by atoms with Crippen molar-refractivity contribution >= 4 is 23.5 Å². The van der Waals surface area contributed by atoms with Gasteiger partial charge in [0, 0.05) is 37.3 Å². The Kier molecular flexibility index (Phi) is 4.83. The van der Waals surface area contributed by atoms with Crippen LogP contribution in [-0.4, -0.2) is 49.4 Å². The predicted octanol–water partition coefficient (Wildman–Crippen LogP) is 1.84. The highest BCUT2D eigenvalue weighted by Gasteiger charge is 2.29. The van der Waals surface area contributed by atoms with E-state index in [4.69, 9.17) is 4.74 Å². The second-order valence-electron chi connectivity index (χ2n) is 6.29. The molecule has 0 bridgehead atoms. The second-order valence-corrected chi connectivity index (χ2v) is 6.29. The summed E-state index contributed by atoms with van der Waals surface area (Å²) < 4.78 is 4.77. The zero-order chi connectivity index (χ0) is 17.1. The molecule has 2 aliphatic rings. The van der Waals surface area contributed by atoms with Crippen LogP contribution in [0.3, 0.4) is 0 Å². The number of likely N-dealkylation sites (tertiary alicyclic amines) is 1. The highest BCUT2D eigenvalue weighted by atomic mass is 16.5. The van der Waals surface area contributed by atoms with E-state index in [1.807, 2.05) is 12.1 Å². The smallest absolute Gasteiger partial charge is 0.308 e. The Labute approximate surface area is 141 Å². The summed E-state index contributed by atoms with van der Waals surface area (Å²) in [5.41, 5.74) is 1.37. The van der Waals surface area contributed by atoms with Crippen LogP contribution in [-0.2, 0) is 14.3 Å². The van der Waals surface area contributed by atoms with Gasteiger partial charge in [-0.15, -0.1) is 0 Å². The van der Waals surface area contributed by atoms with E-state index in [1.165, 1.54) is 7.11 Å². The fourth-order valence-electron chi connectivity index (χ4n) is 3.40. The van der Waals surface area contributed by atoms with E-state index >= 15 is 0 Å². The van der Waals surface area contributed by atoms with Crippen molar-refractivity contribution in [1.29, 1.82) is 0 Å². The lowest BCUT2D eigenvalue weighted by molar-refractivity contribution is -0.146. The van der Waals surface area contributed by atoms with E-state index < -0.39 is 0 Å². The van der Waals surface area contributed by atoms with Gasteiger partial charge in [-0.05, 0) is 37.5 Å². The molecule has 0 atom stereocenters. The molecule has 0 radical (unpaired) electrons. The molecule has 1 aromatic carbocycles. The van der Waals surface area contributed by atoms with Crippen molar-refractivity contribution < 1.29 is 19.1 Å². The molecule has 2 amide bonds. The molecular weight excluding hydrogens is 308 g/mol. The monoisotopic (exact) mass is 330 g/mol. The SMILES string of the molecule is COC(=O)C1CCN(C(=O)c2cccc(N3CCCC3=O)c2)CC1. The summed E-state index contributed by atoms with van der Waals surface area (Å²) >= 11 is 0. The summed E-state index contributed by atoms with van der Waals surface area (Å²) in [6.07, 6.45) is 2.68. The number of hydrogen-bond donors (Lipinski definition) is 0. The van der Waals surface area contributed by atoms with Crippen molar-refractivity contribution in [2.24, 2.45) is 5.92 Å². The maximum Gasteiger partial charge on any atom is 0.308 e. The standard InChI is InChI=1S/C18H22N2O4/c1-24-18(23)13-7-10-19(11-8-13)17(22)14-4-2-5-15(12-14)20-9-3-6-16(20)21/h2,4-5,12-13H,3,6-11H2,1H3. The van der Waals surface area contributed by atoms with Crippen LogP contribution in [0.15, 0.2) is 24.3 Å². The molecule has 6 heteroatoms. The first-order chi connectivity index (χ1) is 11.6. The Morgan fingerprint density at radius 2 is 1.92 bits per heavy atom. The van der Waals surface area contributed by atoms with Crippen molar-refractivity contribution in [1.82, 2.24) is 4.90 Å². The van der Waals surface area contributed by atoms with Crippen LogP contribution >= 0.6 is 0 Å². The first-order valence-electron chi connectivity index (χ1n) is 8.37. The molecule has 0 saturated carbocycles. The molecule has 0 aliphatic carbocycles. The molecule has 0 aromatic heterocycles. The highest BCUT2D eigenvalue weighted by molar-refractivity contribution is 5.99. The molecule has 0 spiro atoms. The maximum absolute atomic E-state index is 12.7. The second kappa shape index (κ2) is 7.03. The summed E-state index contributed by atoms with van der Waals surface area (Å²) in [4.78, 5) is 39.7. The minimum atomic E-state index is -0.198. The molecule has 2 heterocycles. The van der Waals surface area contributed by atoms with Gasteiger partial charge in [-0.2, -0.15) is 0 Å². The Bertz CT molecular complexity index is 650. The lowest BCUT2D eigenvalue weighted by atomic mass is 9.96. The number of hydrogen-bond acceptors (Lipinski definition) is 4. The van der Waals surface area contributed by atoms with Crippen LogP contribution < -0.4 is 4.90 Å². The van der Waals surface area contributed by atoms with Gasteiger partial charge in [0.1, 0.15) is 0 Å². The number of ether oxygens (including phenoxy) is 1. The highest BCUT2D eigenvalue weighted by Crippen LogP contribution is 2.24. The Balaban J connectivity index is 1.68. The number of rotatable bonds is 3. The van der Waals surface area contributed by atoms with Crippen molar-refractivity contribution in [3.8, 4) is 0 Å². The molecule has 0 N–H and O–H groups in total. The molecule has 2 fully saturated rings. The average molecular weight is 330 g/mol. The quantitative estimate of drug-likeness (QED) is 0.793. The lowest BCUT2D eigenvalue weighted by Crippen LogP contribution is -2.40. The topological polar surface area (TPSA) is 66.9 Å². The largest absolute Gasteiger partial charge is 0.469 e. The molecular formula is C18H22N2O4. The number of carbonyl (C=O) groups excluding carboxylic acids is 3. The third-order valence-electron chi connectivity index (χ3n) is 4.79. The number of amides is 2. The van der Waals surface area contributed by atoms with Crippen molar-refractivity contribution in [2.45, 2.75) is 25.7 Å². The number of nitrogens with zero attached hydrogens (tertiary/aromatic N) is 2. The van der Waals surface area contributed by atoms with E-state index in [1.54, 1.807) is 21.9 Å². The first kappa shape index (κ1) is 16.5. The van der Waals surface area contributed by atoms with Gasteiger partial charge in [-0.3, -0.25) is 14.4 Å². The maximum atomic E-state index is 12.7. The number of carbonyl (C=O) groups is 3. The number of piperidine rings is 1. The van der Waals surface area contributed by atoms with E-state index in [0.717, 1.165) is 12.1 Å². The van der Waals surface area contributed by atoms with Crippen LogP contribution in [0.2, 0.25) is 0 Å². The Morgan fingerprint density at radius 1 is 1.17 bits per heavy atom. The summed E-state index contributed by atoms with van der Waals surface area (Å²) in [5, 5.41) is 0. The normalized spacial score (nSPS) is 18.8. The van der Waals surface area contributed by atoms with E-state index in [-0.39, 0.29) is 23.7 Å². The minimum Gasteiger partial charge on any atom is -0.469 e. The van der Waals surface area contributed by atoms with Gasteiger partial charge >= 0.3 is 5.97 Å². The molecule has 2 aliphatic heterocycles. The number of anilines is 1. The van der Waals surface area contributed by atoms with Crippen molar-refractivity contribution in [3.63, 3.8) is 0 Å². The average Bonchev–Trinajstić information content (AvgIpc) is 3.06. The number of benzene rings is 1. The van der Waals surface area contributed by atoms with Crippen LogP contribution in [0, 0.1) is 5.92 Å². The van der Waals surface area contributed by atoms with Crippen molar-refractivity contribution in [3.05, 3.63) is 29.8 Å². The summed E-state index contributed by atoms with van der Waals surface area (Å²) in [5.74, 6) is -0.255. The number of esters is 1. The van der Waals surface area contributed by atoms with Gasteiger partial charge in [0.15, 0.2) is 0 Å². The van der Waals surface area contributed by atoms with Crippen LogP contribution in [0.4, 0.5) is 5.69 Å². The molecule has 3 rings (SSSR count). The Hall–Kier alpha value is -2.37. The molecule has 0 unspecified atom stereocenters. The minimum absolute atomic E-state index is 0.0492. The summed E-state index contributed by atoms with van der Waals surface area (Å²) in [6, 6.07) is 7.25. The fraction of sp³-hybridized carbons (Fsp3) is 0.500. The van der Waals surface area contributed by atoms with E-state index in [9.17, 15) is 14.4 Å². The van der Waals surface area contributed by atoms with Crippen molar-refractivity contribution in [2.75, 3.05) is 31.6 Å². The molecule has 1 aromatic rings. The van der Waals surface area contributed by atoms with Crippen LogP contribution in [0.25, 0.3) is 0 Å². The summed E-state index contributed by atoms with van der Waals surface area (Å²) in [6.45, 7) is 1.80. The molecule has 128 valence electrons. The fourth-order valence-corrected chi connectivity index (χ4v) is 3.40. The van der Waals surface area contributed by atoms with Gasteiger partial charge in [0.05, 0.1) is 13.0 Å². The van der Waals surface area contributed by atoms with E-state index in [0.29, 0.717) is 44.5 Å². The van der Waals surface area contributed by atoms with Gasteiger partial charge < -0.3 is 14.5 Å². The first-order valence-corrected chi connectivity index (χ1v) is 8.37. The van der Waals surface area contributed by atoms with Crippen LogP contribution in [0.5, 0.6) is 0 Å². The lowest BCUT2D eigenvalue weighted by Gasteiger charge is -2.31. The number of methoxy groups -OCH3 is 1. The van der Waals surface area contributed by atoms with E-state index in [2.05, 4.69) is 0 Å².